The summed E-state index contributed by atoms with van der Waals surface area (Å²) in [5.74, 6) is 1.42. The van der Waals surface area contributed by atoms with E-state index in [1.54, 1.807) is 6.92 Å². The number of nitrogens with zero attached hydrogens (tertiary/aromatic N) is 2. The molecule has 0 aliphatic heterocycles. The number of urea groups is 1. The zero-order chi connectivity index (χ0) is 37.3. The van der Waals surface area contributed by atoms with Crippen molar-refractivity contribution < 1.29 is 19.1 Å². The smallest absolute Gasteiger partial charge is 0.318 e. The van der Waals surface area contributed by atoms with Crippen molar-refractivity contribution in [1.82, 2.24) is 15.1 Å². The molecule has 8 atom stereocenters. The van der Waals surface area contributed by atoms with Gasteiger partial charge in [0, 0.05) is 43.4 Å². The van der Waals surface area contributed by atoms with E-state index in [-0.39, 0.29) is 57.4 Å². The van der Waals surface area contributed by atoms with E-state index in [0.29, 0.717) is 36.4 Å². The van der Waals surface area contributed by atoms with E-state index < -0.39 is 5.54 Å². The minimum atomic E-state index is -0.650. The number of allylic oxidation sites excluding steroid dienone is 1. The molecule has 0 aromatic heterocycles. The molecule has 0 saturated heterocycles. The minimum Gasteiger partial charge on any atom is -0.462 e. The Morgan fingerprint density at radius 2 is 1.59 bits per heavy atom. The van der Waals surface area contributed by atoms with Crippen LogP contribution in [0.3, 0.4) is 0 Å². The number of ether oxygens (including phenoxy) is 1. The van der Waals surface area contributed by atoms with Crippen molar-refractivity contribution in [3.63, 3.8) is 0 Å². The number of halogens is 1. The molecule has 282 valence electrons. The summed E-state index contributed by atoms with van der Waals surface area (Å²) in [6, 6.07) is 7.64. The van der Waals surface area contributed by atoms with Gasteiger partial charge in [0.15, 0.2) is 5.78 Å². The van der Waals surface area contributed by atoms with Crippen molar-refractivity contribution in [1.29, 1.82) is 0 Å². The molecule has 1 N–H and O–H groups in total. The van der Waals surface area contributed by atoms with Crippen LogP contribution in [-0.2, 0) is 20.9 Å². The number of carbonyl (C=O) groups excluding carboxylic acids is 3. The van der Waals surface area contributed by atoms with Gasteiger partial charge < -0.3 is 19.9 Å². The van der Waals surface area contributed by atoms with Gasteiger partial charge in [-0.25, -0.2) is 4.79 Å². The van der Waals surface area contributed by atoms with Gasteiger partial charge in [0.05, 0.1) is 5.54 Å². The summed E-state index contributed by atoms with van der Waals surface area (Å²) in [6.07, 6.45) is 8.52. The number of hydrogen-bond donors (Lipinski definition) is 1. The molecule has 0 spiro atoms. The number of amides is 2. The molecule has 51 heavy (non-hydrogen) atoms. The van der Waals surface area contributed by atoms with Gasteiger partial charge in [0.25, 0.3) is 0 Å². The van der Waals surface area contributed by atoms with Crippen molar-refractivity contribution in [2.45, 2.75) is 131 Å². The fraction of sp³-hybridized carbons (Fsp3) is 0.744. The number of benzene rings is 1. The summed E-state index contributed by atoms with van der Waals surface area (Å²) in [5.41, 5.74) is 2.78. The second-order valence-electron chi connectivity index (χ2n) is 19.0. The highest BCUT2D eigenvalue weighted by atomic mass is 35.5. The number of rotatable bonds is 8. The van der Waals surface area contributed by atoms with Crippen LogP contribution in [0.4, 0.5) is 4.79 Å². The molecule has 5 aliphatic rings. The molecule has 8 heteroatoms. The maximum Gasteiger partial charge on any atom is 0.318 e. The molecule has 6 rings (SSSR count). The summed E-state index contributed by atoms with van der Waals surface area (Å²) >= 11 is 6.20. The van der Waals surface area contributed by atoms with E-state index in [1.165, 1.54) is 5.57 Å². The van der Waals surface area contributed by atoms with E-state index in [4.69, 9.17) is 16.3 Å². The Labute approximate surface area is 312 Å². The molecule has 4 fully saturated rings. The number of fused-ring (bicyclic) bond motifs is 7. The van der Waals surface area contributed by atoms with Crippen LogP contribution >= 0.6 is 11.6 Å². The SMILES string of the molecule is CC(=O)O[C@H]1CC[C@@]2(C)C(CC[C@]3(C)C2CC[C@@H]2C4=C(C(C)C)C(=O)C[C@]4(NC(=O)N(CCN(C)C)Cc4ccc(Cl)cc4)CC[C@]23C)C1(C)C. The molecule has 5 aliphatic carbocycles. The number of Topliss-reactive ketones (excluding diaryl/α,β-unsaturated/α-hetero) is 1. The quantitative estimate of drug-likeness (QED) is 0.271. The topological polar surface area (TPSA) is 78.9 Å². The van der Waals surface area contributed by atoms with Crippen molar-refractivity contribution in [3.05, 3.63) is 46.0 Å². The molecular weight excluding hydrogens is 658 g/mol. The second kappa shape index (κ2) is 13.5. The highest BCUT2D eigenvalue weighted by Crippen LogP contribution is 2.75. The van der Waals surface area contributed by atoms with Gasteiger partial charge in [-0.1, -0.05) is 72.2 Å². The van der Waals surface area contributed by atoms with Crippen molar-refractivity contribution in [2.24, 2.45) is 45.3 Å². The Morgan fingerprint density at radius 3 is 2.22 bits per heavy atom. The lowest BCUT2D eigenvalue weighted by molar-refractivity contribution is -0.231. The number of nitrogens with one attached hydrogen (secondary N) is 1. The van der Waals surface area contributed by atoms with Crippen molar-refractivity contribution in [3.8, 4) is 0 Å². The van der Waals surface area contributed by atoms with Crippen molar-refractivity contribution in [2.75, 3.05) is 27.2 Å². The van der Waals surface area contributed by atoms with E-state index in [0.717, 1.165) is 69.0 Å². The Balaban J connectivity index is 1.33. The van der Waals surface area contributed by atoms with Crippen LogP contribution in [0.1, 0.15) is 119 Å². The van der Waals surface area contributed by atoms with Crippen LogP contribution in [-0.4, -0.2) is 66.4 Å². The Kier molecular flexibility index (Phi) is 10.1. The summed E-state index contributed by atoms with van der Waals surface area (Å²) in [6.45, 7) is 20.1. The third-order valence-corrected chi connectivity index (χ3v) is 15.7. The first-order valence-electron chi connectivity index (χ1n) is 19.7. The summed E-state index contributed by atoms with van der Waals surface area (Å²) in [4.78, 5) is 44.8. The van der Waals surface area contributed by atoms with Gasteiger partial charge in [0.1, 0.15) is 6.10 Å². The normalized spacial score (nSPS) is 37.0. The summed E-state index contributed by atoms with van der Waals surface area (Å²) < 4.78 is 5.96. The number of likely N-dealkylation sites (N-methyl/N-ethyl adjacent to an activating group) is 1. The van der Waals surface area contributed by atoms with Gasteiger partial charge in [-0.15, -0.1) is 0 Å². The average molecular weight is 722 g/mol. The largest absolute Gasteiger partial charge is 0.462 e. The number of ketones is 1. The molecule has 0 bridgehead atoms. The lowest BCUT2D eigenvalue weighted by Crippen LogP contribution is -2.67. The molecule has 4 saturated carbocycles. The van der Waals surface area contributed by atoms with E-state index in [1.807, 2.05) is 43.3 Å². The van der Waals surface area contributed by atoms with Gasteiger partial charge in [-0.05, 0) is 134 Å². The lowest BCUT2D eigenvalue weighted by Gasteiger charge is -2.72. The monoisotopic (exact) mass is 721 g/mol. The molecule has 2 amide bonds. The van der Waals surface area contributed by atoms with Crippen LogP contribution in [0.15, 0.2) is 35.4 Å². The molecule has 1 aromatic rings. The number of carbonyl (C=O) groups is 3. The molecule has 0 radical (unpaired) electrons. The first-order chi connectivity index (χ1) is 23.8. The standard InChI is InChI=1S/C43H64ClN3O4/c1-27(2)36-32(49)25-43(45-38(50)47(24-23-46(9)10)26-29-11-13-30(44)14-12-29)22-21-41(7)31(37(36)43)15-16-34-40(6)19-18-35(51-28(3)48)39(4,5)33(40)17-20-42(34,41)8/h11-14,27,31,33-35H,15-26H2,1-10H3,(H,45,50)/t31-,33?,34?,35+,40+,41-,42-,43-/m1/s1. The first kappa shape index (κ1) is 38.3. The third-order valence-electron chi connectivity index (χ3n) is 15.4. The van der Waals surface area contributed by atoms with E-state index in [9.17, 15) is 14.4 Å². The van der Waals surface area contributed by atoms with Crippen LogP contribution < -0.4 is 5.32 Å². The molecule has 0 heterocycles. The fourth-order valence-corrected chi connectivity index (χ4v) is 12.9. The molecular formula is C43H64ClN3O4. The van der Waals surface area contributed by atoms with Crippen LogP contribution in [0.25, 0.3) is 0 Å². The fourth-order valence-electron chi connectivity index (χ4n) is 12.8. The Hall–Kier alpha value is -2.38. The Bertz CT molecular complexity index is 1570. The maximum atomic E-state index is 14.5. The van der Waals surface area contributed by atoms with Crippen LogP contribution in [0, 0.1) is 45.3 Å². The van der Waals surface area contributed by atoms with Gasteiger partial charge in [-0.3, -0.25) is 9.59 Å². The predicted octanol–water partition coefficient (Wildman–Crippen LogP) is 9.08. The molecule has 2 unspecified atom stereocenters. The predicted molar refractivity (Wildman–Crippen MR) is 204 cm³/mol. The second-order valence-corrected chi connectivity index (χ2v) is 19.5. The summed E-state index contributed by atoms with van der Waals surface area (Å²) in [7, 11) is 4.06. The molecule has 1 aromatic carbocycles. The highest BCUT2D eigenvalue weighted by molar-refractivity contribution is 6.30. The number of hydrogen-bond acceptors (Lipinski definition) is 5. The van der Waals surface area contributed by atoms with Gasteiger partial charge in [0.2, 0.25) is 0 Å². The van der Waals surface area contributed by atoms with Crippen LogP contribution in [0.2, 0.25) is 5.02 Å². The Morgan fingerprint density at radius 1 is 0.902 bits per heavy atom. The van der Waals surface area contributed by atoms with Gasteiger partial charge >= 0.3 is 12.0 Å². The summed E-state index contributed by atoms with van der Waals surface area (Å²) in [5, 5.41) is 4.28. The molecule has 7 nitrogen and oxygen atoms in total. The zero-order valence-corrected chi connectivity index (χ0v) is 33.8. The zero-order valence-electron chi connectivity index (χ0n) is 33.1. The lowest BCUT2D eigenvalue weighted by atomic mass is 9.33. The highest BCUT2D eigenvalue weighted by Gasteiger charge is 2.70. The third kappa shape index (κ3) is 6.28. The van der Waals surface area contributed by atoms with Crippen LogP contribution in [0.5, 0.6) is 0 Å². The first-order valence-corrected chi connectivity index (χ1v) is 20.1. The van der Waals surface area contributed by atoms with Gasteiger partial charge in [-0.2, -0.15) is 0 Å². The number of esters is 1. The van der Waals surface area contributed by atoms with Crippen molar-refractivity contribution >= 4 is 29.4 Å². The maximum absolute atomic E-state index is 14.5. The van der Waals surface area contributed by atoms with E-state index in [2.05, 4.69) is 58.7 Å². The average Bonchev–Trinajstić information content (AvgIpc) is 3.33. The minimum absolute atomic E-state index is 0.00299. The van der Waals surface area contributed by atoms with E-state index >= 15 is 0 Å².